The second-order valence-corrected chi connectivity index (χ2v) is 5.54. The summed E-state index contributed by atoms with van der Waals surface area (Å²) >= 11 is 5.46. The molecular formula is C17H18N2OS. The molecule has 108 valence electrons. The summed E-state index contributed by atoms with van der Waals surface area (Å²) in [5.74, 6) is 0.895. The fourth-order valence-corrected chi connectivity index (χ4v) is 2.98. The molecule has 0 atom stereocenters. The Morgan fingerprint density at radius 1 is 1.19 bits per heavy atom. The molecule has 0 saturated carbocycles. The highest BCUT2D eigenvalue weighted by molar-refractivity contribution is 7.71. The monoisotopic (exact) mass is 298 g/mol. The maximum Gasteiger partial charge on any atom is 0.178 e. The number of imidazole rings is 1. The number of hydrogen-bond donors (Lipinski definition) is 1. The van der Waals surface area contributed by atoms with E-state index in [1.165, 1.54) is 16.6 Å². The zero-order valence-electron chi connectivity index (χ0n) is 12.2. The van der Waals surface area contributed by atoms with Crippen LogP contribution in [0.15, 0.2) is 42.5 Å². The summed E-state index contributed by atoms with van der Waals surface area (Å²) in [6.07, 6.45) is 0.923. The number of fused-ring (bicyclic) bond motifs is 1. The summed E-state index contributed by atoms with van der Waals surface area (Å²) in [6.45, 7) is 2.98. The van der Waals surface area contributed by atoms with Crippen LogP contribution in [-0.2, 0) is 13.0 Å². The molecule has 0 saturated heterocycles. The molecular weight excluding hydrogens is 280 g/mol. The Hall–Kier alpha value is -2.07. The first-order valence-corrected chi connectivity index (χ1v) is 7.41. The minimum absolute atomic E-state index is 0.780. The largest absolute Gasteiger partial charge is 0.497 e. The van der Waals surface area contributed by atoms with Crippen LogP contribution in [-0.4, -0.2) is 16.7 Å². The fourth-order valence-electron chi connectivity index (χ4n) is 2.68. The Morgan fingerprint density at radius 3 is 2.81 bits per heavy atom. The van der Waals surface area contributed by atoms with Crippen molar-refractivity contribution >= 4 is 23.3 Å². The predicted molar refractivity (Wildman–Crippen MR) is 88.6 cm³/mol. The van der Waals surface area contributed by atoms with Crippen LogP contribution in [0.4, 0.5) is 0 Å². The van der Waals surface area contributed by atoms with Gasteiger partial charge in [0, 0.05) is 6.54 Å². The zero-order valence-corrected chi connectivity index (χ0v) is 13.0. The Labute approximate surface area is 129 Å². The lowest BCUT2D eigenvalue weighted by atomic mass is 10.1. The molecule has 0 fully saturated rings. The molecule has 0 amide bonds. The molecule has 2 aromatic carbocycles. The van der Waals surface area contributed by atoms with Gasteiger partial charge in [-0.05, 0) is 54.9 Å². The van der Waals surface area contributed by atoms with Gasteiger partial charge in [-0.2, -0.15) is 0 Å². The van der Waals surface area contributed by atoms with E-state index < -0.39 is 0 Å². The molecule has 3 nitrogen and oxygen atoms in total. The lowest BCUT2D eigenvalue weighted by Gasteiger charge is -2.08. The van der Waals surface area contributed by atoms with E-state index in [0.29, 0.717) is 0 Å². The summed E-state index contributed by atoms with van der Waals surface area (Å²) in [6, 6.07) is 14.4. The van der Waals surface area contributed by atoms with Crippen LogP contribution in [0.2, 0.25) is 0 Å². The smallest absolute Gasteiger partial charge is 0.178 e. The SMILES string of the molecule is COc1cccc(CCn2c(=S)[nH]c3cccc(C)c32)c1. The van der Waals surface area contributed by atoms with Gasteiger partial charge in [-0.15, -0.1) is 0 Å². The lowest BCUT2D eigenvalue weighted by Crippen LogP contribution is -2.02. The van der Waals surface area contributed by atoms with Gasteiger partial charge in [-0.3, -0.25) is 0 Å². The van der Waals surface area contributed by atoms with Gasteiger partial charge in [0.15, 0.2) is 4.77 Å². The van der Waals surface area contributed by atoms with Crippen LogP contribution in [0, 0.1) is 11.7 Å². The quantitative estimate of drug-likeness (QED) is 0.729. The van der Waals surface area contributed by atoms with Crippen LogP contribution in [0.25, 0.3) is 11.0 Å². The van der Waals surface area contributed by atoms with Gasteiger partial charge < -0.3 is 14.3 Å². The van der Waals surface area contributed by atoms with Gasteiger partial charge in [0.05, 0.1) is 18.1 Å². The van der Waals surface area contributed by atoms with Gasteiger partial charge >= 0.3 is 0 Å². The predicted octanol–water partition coefficient (Wildman–Crippen LogP) is 4.26. The van der Waals surface area contributed by atoms with Crippen LogP contribution in [0.5, 0.6) is 5.75 Å². The first-order valence-electron chi connectivity index (χ1n) is 7.00. The van der Waals surface area contributed by atoms with Gasteiger partial charge in [0.2, 0.25) is 0 Å². The molecule has 1 heterocycles. The molecule has 0 unspecified atom stereocenters. The van der Waals surface area contributed by atoms with Crippen LogP contribution in [0.3, 0.4) is 0 Å². The van der Waals surface area contributed by atoms with Crippen molar-refractivity contribution in [1.82, 2.24) is 9.55 Å². The van der Waals surface area contributed by atoms with Crippen molar-refractivity contribution in [3.05, 3.63) is 58.4 Å². The second-order valence-electron chi connectivity index (χ2n) is 5.15. The Bertz CT molecular complexity index is 832. The van der Waals surface area contributed by atoms with Crippen molar-refractivity contribution in [2.24, 2.45) is 0 Å². The van der Waals surface area contributed by atoms with Crippen molar-refractivity contribution in [3.8, 4) is 5.75 Å². The van der Waals surface area contributed by atoms with Crippen molar-refractivity contribution in [3.63, 3.8) is 0 Å². The third kappa shape index (κ3) is 2.72. The standard InChI is InChI=1S/C17H18N2OS/c1-12-5-3-8-15-16(12)19(17(21)18-15)10-9-13-6-4-7-14(11-13)20-2/h3-8,11H,9-10H2,1-2H3,(H,18,21). The molecule has 0 aliphatic heterocycles. The van der Waals surface area contributed by atoms with E-state index in [4.69, 9.17) is 17.0 Å². The highest BCUT2D eigenvalue weighted by Gasteiger charge is 2.07. The number of nitrogens with zero attached hydrogens (tertiary/aromatic N) is 1. The number of nitrogens with one attached hydrogen (secondary N) is 1. The van der Waals surface area contributed by atoms with Gasteiger partial charge in [-0.25, -0.2) is 0 Å². The second kappa shape index (κ2) is 5.74. The first-order chi connectivity index (χ1) is 10.2. The first kappa shape index (κ1) is 13.9. The maximum atomic E-state index is 5.46. The summed E-state index contributed by atoms with van der Waals surface area (Å²) in [5, 5.41) is 0. The van der Waals surface area contributed by atoms with E-state index in [1.807, 2.05) is 12.1 Å². The number of hydrogen-bond acceptors (Lipinski definition) is 2. The third-order valence-corrected chi connectivity index (χ3v) is 4.08. The number of ether oxygens (including phenoxy) is 1. The molecule has 1 aromatic heterocycles. The van der Waals surface area contributed by atoms with Crippen molar-refractivity contribution in [2.75, 3.05) is 7.11 Å². The average Bonchev–Trinajstić information content (AvgIpc) is 2.82. The molecule has 0 spiro atoms. The van der Waals surface area contributed by atoms with E-state index in [2.05, 4.69) is 46.8 Å². The van der Waals surface area contributed by atoms with Gasteiger partial charge in [0.25, 0.3) is 0 Å². The van der Waals surface area contributed by atoms with Crippen LogP contribution < -0.4 is 4.74 Å². The van der Waals surface area contributed by atoms with Gasteiger partial charge in [0.1, 0.15) is 5.75 Å². The fraction of sp³-hybridized carbons (Fsp3) is 0.235. The molecule has 0 radical (unpaired) electrons. The molecule has 21 heavy (non-hydrogen) atoms. The van der Waals surface area contributed by atoms with Crippen molar-refractivity contribution in [2.45, 2.75) is 19.9 Å². The number of rotatable bonds is 4. The number of methoxy groups -OCH3 is 1. The number of aromatic nitrogens is 2. The summed E-state index contributed by atoms with van der Waals surface area (Å²) in [4.78, 5) is 3.28. The molecule has 0 bridgehead atoms. The molecule has 3 rings (SSSR count). The minimum Gasteiger partial charge on any atom is -0.497 e. The van der Waals surface area contributed by atoms with Crippen LogP contribution in [0.1, 0.15) is 11.1 Å². The molecule has 1 N–H and O–H groups in total. The highest BCUT2D eigenvalue weighted by atomic mass is 32.1. The van der Waals surface area contributed by atoms with E-state index >= 15 is 0 Å². The number of para-hydroxylation sites is 1. The van der Waals surface area contributed by atoms with E-state index in [1.54, 1.807) is 7.11 Å². The topological polar surface area (TPSA) is 29.9 Å². The van der Waals surface area contributed by atoms with Crippen molar-refractivity contribution in [1.29, 1.82) is 0 Å². The lowest BCUT2D eigenvalue weighted by molar-refractivity contribution is 0.414. The third-order valence-electron chi connectivity index (χ3n) is 3.75. The number of H-pyrrole nitrogens is 1. The molecule has 0 aliphatic rings. The zero-order chi connectivity index (χ0) is 14.8. The Morgan fingerprint density at radius 2 is 2.00 bits per heavy atom. The van der Waals surface area contributed by atoms with E-state index in [-0.39, 0.29) is 0 Å². The van der Waals surface area contributed by atoms with Gasteiger partial charge in [-0.1, -0.05) is 24.3 Å². The summed E-state index contributed by atoms with van der Waals surface area (Å²) in [7, 11) is 1.69. The Balaban J connectivity index is 1.91. The normalized spacial score (nSPS) is 11.0. The minimum atomic E-state index is 0.780. The van der Waals surface area contributed by atoms with E-state index in [9.17, 15) is 0 Å². The summed E-state index contributed by atoms with van der Waals surface area (Å²) in [5.41, 5.74) is 4.79. The molecule has 4 heteroatoms. The van der Waals surface area contributed by atoms with E-state index in [0.717, 1.165) is 29.0 Å². The molecule has 3 aromatic rings. The average molecular weight is 298 g/mol. The number of aryl methyl sites for hydroxylation is 3. The van der Waals surface area contributed by atoms with Crippen LogP contribution >= 0.6 is 12.2 Å². The summed E-state index contributed by atoms with van der Waals surface area (Å²) < 4.78 is 8.23. The Kier molecular flexibility index (Phi) is 3.80. The van der Waals surface area contributed by atoms with Crippen molar-refractivity contribution < 1.29 is 4.74 Å². The number of aromatic amines is 1. The molecule has 0 aliphatic carbocycles. The highest BCUT2D eigenvalue weighted by Crippen LogP contribution is 2.19. The maximum absolute atomic E-state index is 5.46. The number of benzene rings is 2.